The van der Waals surface area contributed by atoms with Crippen molar-refractivity contribution in [2.45, 2.75) is 39.5 Å². The summed E-state index contributed by atoms with van der Waals surface area (Å²) in [5, 5.41) is 6.49. The van der Waals surface area contributed by atoms with Gasteiger partial charge in [-0.2, -0.15) is 0 Å². The van der Waals surface area contributed by atoms with Crippen molar-refractivity contribution < 1.29 is 9.59 Å². The molecular weight excluding hydrogens is 274 g/mol. The minimum Gasteiger partial charge on any atom is -0.397 e. The van der Waals surface area contributed by atoms with Crippen molar-refractivity contribution >= 4 is 33.7 Å². The van der Waals surface area contributed by atoms with E-state index in [4.69, 9.17) is 5.73 Å². The van der Waals surface area contributed by atoms with E-state index in [-0.39, 0.29) is 11.7 Å². The average Bonchev–Trinajstić information content (AvgIpc) is 2.79. The number of unbranched alkanes of at least 4 members (excludes halogenated alkanes) is 2. The molecule has 4 N–H and O–H groups in total. The third-order valence-corrected chi connectivity index (χ3v) is 4.24. The van der Waals surface area contributed by atoms with Crippen LogP contribution in [0.4, 0.5) is 10.7 Å². The van der Waals surface area contributed by atoms with Gasteiger partial charge in [-0.05, 0) is 6.42 Å². The normalized spacial score (nSPS) is 10.3. The summed E-state index contributed by atoms with van der Waals surface area (Å²) >= 11 is 1.27. The number of thiophene rings is 1. The van der Waals surface area contributed by atoms with Crippen LogP contribution in [0.3, 0.4) is 0 Å². The fraction of sp³-hybridized carbons (Fsp3) is 0.571. The van der Waals surface area contributed by atoms with Crippen molar-refractivity contribution in [3.05, 3.63) is 10.4 Å². The third-order valence-electron chi connectivity index (χ3n) is 3.04. The summed E-state index contributed by atoms with van der Waals surface area (Å²) in [5.74, 6) is -0.286. The molecule has 0 radical (unpaired) electrons. The molecule has 1 heterocycles. The first-order valence-electron chi connectivity index (χ1n) is 6.98. The molecule has 0 unspecified atom stereocenters. The number of amides is 1. The van der Waals surface area contributed by atoms with Gasteiger partial charge in [-0.25, -0.2) is 0 Å². The molecule has 0 saturated heterocycles. The Kier molecular flexibility index (Phi) is 6.51. The summed E-state index contributed by atoms with van der Waals surface area (Å²) in [7, 11) is 1.56. The Morgan fingerprint density at radius 2 is 1.95 bits per heavy atom. The predicted octanol–water partition coefficient (Wildman–Crippen LogP) is 2.88. The van der Waals surface area contributed by atoms with E-state index in [9.17, 15) is 9.59 Å². The molecule has 0 bridgehead atoms. The fourth-order valence-corrected chi connectivity index (χ4v) is 3.02. The highest BCUT2D eigenvalue weighted by atomic mass is 32.1. The van der Waals surface area contributed by atoms with Crippen molar-refractivity contribution in [1.29, 1.82) is 0 Å². The van der Waals surface area contributed by atoms with E-state index >= 15 is 0 Å². The van der Waals surface area contributed by atoms with Gasteiger partial charge in [0.1, 0.15) is 5.00 Å². The van der Waals surface area contributed by atoms with E-state index in [1.54, 1.807) is 14.0 Å². The zero-order chi connectivity index (χ0) is 15.1. The molecule has 20 heavy (non-hydrogen) atoms. The number of hydrogen-bond acceptors (Lipinski definition) is 5. The third kappa shape index (κ3) is 3.72. The predicted molar refractivity (Wildman–Crippen MR) is 84.8 cm³/mol. The first-order valence-corrected chi connectivity index (χ1v) is 7.79. The molecule has 1 amide bonds. The maximum Gasteiger partial charge on any atom is 0.256 e. The first-order chi connectivity index (χ1) is 9.56. The van der Waals surface area contributed by atoms with Crippen LogP contribution in [0.15, 0.2) is 0 Å². The number of carbonyl (C=O) groups excluding carboxylic acids is 2. The maximum absolute atomic E-state index is 11.9. The van der Waals surface area contributed by atoms with Gasteiger partial charge in [-0.3, -0.25) is 9.59 Å². The molecule has 0 aliphatic heterocycles. The number of nitrogens with one attached hydrogen (secondary N) is 2. The molecule has 1 aromatic rings. The molecule has 0 atom stereocenters. The Balaban J connectivity index is 3.01. The van der Waals surface area contributed by atoms with Crippen LogP contribution in [0.5, 0.6) is 0 Å². The van der Waals surface area contributed by atoms with E-state index in [1.807, 2.05) is 0 Å². The number of Topliss-reactive ketones (excluding diaryl/α,β-unsaturated/α-hetero) is 1. The molecule has 5 nitrogen and oxygen atoms in total. The molecule has 1 aromatic heterocycles. The molecule has 1 rings (SSSR count). The number of nitrogen functional groups attached to an aromatic ring is 1. The lowest BCUT2D eigenvalue weighted by Gasteiger charge is -2.06. The zero-order valence-corrected chi connectivity index (χ0v) is 13.2. The molecule has 0 spiro atoms. The lowest BCUT2D eigenvalue weighted by molar-refractivity contribution is 0.0964. The molecule has 0 aromatic carbocycles. The maximum atomic E-state index is 11.9. The van der Waals surface area contributed by atoms with Crippen LogP contribution in [0.1, 0.15) is 59.6 Å². The summed E-state index contributed by atoms with van der Waals surface area (Å²) in [6, 6.07) is 0. The number of ketones is 1. The van der Waals surface area contributed by atoms with Gasteiger partial charge in [-0.15, -0.1) is 11.3 Å². The van der Waals surface area contributed by atoms with Crippen molar-refractivity contribution in [3.63, 3.8) is 0 Å². The zero-order valence-electron chi connectivity index (χ0n) is 12.3. The molecule has 0 aliphatic carbocycles. The molecule has 0 saturated carbocycles. The second-order valence-corrected chi connectivity index (χ2v) is 5.56. The lowest BCUT2D eigenvalue weighted by Crippen LogP contribution is -2.20. The number of anilines is 2. The Morgan fingerprint density at radius 3 is 2.50 bits per heavy atom. The number of nitrogens with two attached hydrogens (primary N) is 1. The number of carbonyl (C=O) groups is 2. The van der Waals surface area contributed by atoms with Gasteiger partial charge >= 0.3 is 0 Å². The van der Waals surface area contributed by atoms with Crippen molar-refractivity contribution in [2.75, 3.05) is 24.6 Å². The SMILES string of the molecule is CCCCCNc1sc(C(=O)CC)c(N)c1C(=O)NC. The highest BCUT2D eigenvalue weighted by molar-refractivity contribution is 7.19. The van der Waals surface area contributed by atoms with Gasteiger partial charge in [0.25, 0.3) is 5.91 Å². The van der Waals surface area contributed by atoms with Crippen LogP contribution in [0.25, 0.3) is 0 Å². The molecule has 6 heteroatoms. The molecule has 112 valence electrons. The summed E-state index contributed by atoms with van der Waals surface area (Å²) in [6.07, 6.45) is 3.67. The van der Waals surface area contributed by atoms with Crippen LogP contribution >= 0.6 is 11.3 Å². The summed E-state index contributed by atoms with van der Waals surface area (Å²) in [6.45, 7) is 4.70. The highest BCUT2D eigenvalue weighted by Gasteiger charge is 2.23. The van der Waals surface area contributed by atoms with Crippen molar-refractivity contribution in [3.8, 4) is 0 Å². The minimum absolute atomic E-state index is 0.0285. The van der Waals surface area contributed by atoms with Crippen LogP contribution in [-0.2, 0) is 0 Å². The first kappa shape index (κ1) is 16.5. The van der Waals surface area contributed by atoms with Crippen LogP contribution in [-0.4, -0.2) is 25.3 Å². The van der Waals surface area contributed by atoms with Crippen LogP contribution < -0.4 is 16.4 Å². The summed E-state index contributed by atoms with van der Waals surface area (Å²) in [5.41, 5.74) is 6.66. The van der Waals surface area contributed by atoms with Crippen molar-refractivity contribution in [1.82, 2.24) is 5.32 Å². The standard InChI is InChI=1S/C14H23N3O2S/c1-4-6-7-8-17-14-10(13(19)16-3)11(15)12(20-14)9(18)5-2/h17H,4-8,15H2,1-3H3,(H,16,19). The van der Waals surface area contributed by atoms with Gasteiger partial charge < -0.3 is 16.4 Å². The van der Waals surface area contributed by atoms with Gasteiger partial charge in [-0.1, -0.05) is 26.7 Å². The fourth-order valence-electron chi connectivity index (χ4n) is 1.86. The second kappa shape index (κ2) is 7.89. The van der Waals surface area contributed by atoms with Gasteiger partial charge in [0.15, 0.2) is 5.78 Å². The molecular formula is C14H23N3O2S. The lowest BCUT2D eigenvalue weighted by atomic mass is 10.1. The van der Waals surface area contributed by atoms with Gasteiger partial charge in [0.2, 0.25) is 0 Å². The average molecular weight is 297 g/mol. The van der Waals surface area contributed by atoms with Crippen LogP contribution in [0, 0.1) is 0 Å². The largest absolute Gasteiger partial charge is 0.397 e. The monoisotopic (exact) mass is 297 g/mol. The van der Waals surface area contributed by atoms with Gasteiger partial charge in [0, 0.05) is 20.0 Å². The molecule has 0 fully saturated rings. The quantitative estimate of drug-likeness (QED) is 0.509. The number of rotatable bonds is 8. The Hall–Kier alpha value is -1.56. The molecule has 0 aliphatic rings. The smallest absolute Gasteiger partial charge is 0.256 e. The highest BCUT2D eigenvalue weighted by Crippen LogP contribution is 2.36. The van der Waals surface area contributed by atoms with E-state index in [1.165, 1.54) is 11.3 Å². The van der Waals surface area contributed by atoms with Gasteiger partial charge in [0.05, 0.1) is 16.1 Å². The van der Waals surface area contributed by atoms with E-state index in [0.717, 1.165) is 25.8 Å². The Labute approximate surface area is 123 Å². The topological polar surface area (TPSA) is 84.2 Å². The van der Waals surface area contributed by atoms with Crippen LogP contribution in [0.2, 0.25) is 0 Å². The number of hydrogen-bond donors (Lipinski definition) is 3. The van der Waals surface area contributed by atoms with E-state index in [2.05, 4.69) is 17.6 Å². The van der Waals surface area contributed by atoms with Crippen molar-refractivity contribution in [2.24, 2.45) is 0 Å². The Bertz CT molecular complexity index is 483. The minimum atomic E-state index is -0.258. The summed E-state index contributed by atoms with van der Waals surface area (Å²) < 4.78 is 0. The Morgan fingerprint density at radius 1 is 1.25 bits per heavy atom. The second-order valence-electron chi connectivity index (χ2n) is 4.54. The van der Waals surface area contributed by atoms with E-state index < -0.39 is 0 Å². The summed E-state index contributed by atoms with van der Waals surface area (Å²) in [4.78, 5) is 24.3. The van der Waals surface area contributed by atoms with E-state index in [0.29, 0.717) is 27.5 Å².